The number of hydrogen-bond acceptors (Lipinski definition) is 8. The highest BCUT2D eigenvalue weighted by Crippen LogP contribution is 2.23. The summed E-state index contributed by atoms with van der Waals surface area (Å²) in [5, 5.41) is 6.44. The standard InChI is InChI=1S/C18H21N5O4/c1-4-27-12-5-6-14-13(8-12)10(2)20-18(21-14)23-17-19-9-11(16(25)22-17)7-15(24)26-3/h5-6,8,11H,4,7,9H2,1-3H3,(H2,19,20,21,22,23,25)/t11-/m1/s1. The molecule has 3 rings (SSSR count). The Morgan fingerprint density at radius 2 is 2.19 bits per heavy atom. The number of esters is 1. The highest BCUT2D eigenvalue weighted by atomic mass is 16.5. The molecule has 1 aromatic carbocycles. The number of hydrogen-bond donors (Lipinski definition) is 2. The Bertz CT molecular complexity index is 912. The number of guanidine groups is 1. The molecule has 1 aliphatic heterocycles. The molecule has 9 nitrogen and oxygen atoms in total. The highest BCUT2D eigenvalue weighted by Gasteiger charge is 2.27. The van der Waals surface area contributed by atoms with E-state index in [0.29, 0.717) is 12.6 Å². The first-order valence-electron chi connectivity index (χ1n) is 8.60. The molecule has 0 unspecified atom stereocenters. The maximum Gasteiger partial charge on any atom is 0.306 e. The minimum absolute atomic E-state index is 0.00708. The average molecular weight is 371 g/mol. The van der Waals surface area contributed by atoms with Crippen molar-refractivity contribution in [2.75, 3.05) is 25.6 Å². The van der Waals surface area contributed by atoms with E-state index >= 15 is 0 Å². The van der Waals surface area contributed by atoms with Crippen LogP contribution in [0.5, 0.6) is 5.75 Å². The smallest absolute Gasteiger partial charge is 0.306 e. The second-order valence-corrected chi connectivity index (χ2v) is 6.03. The molecule has 0 bridgehead atoms. The van der Waals surface area contributed by atoms with Crippen molar-refractivity contribution >= 4 is 34.7 Å². The van der Waals surface area contributed by atoms with Crippen molar-refractivity contribution < 1.29 is 19.1 Å². The second kappa shape index (κ2) is 7.98. The number of nitrogens with one attached hydrogen (secondary N) is 2. The molecule has 1 amide bonds. The number of aliphatic imine (C=N–C) groups is 1. The quantitative estimate of drug-likeness (QED) is 0.764. The number of nitrogens with zero attached hydrogens (tertiary/aromatic N) is 3. The molecule has 1 aliphatic rings. The van der Waals surface area contributed by atoms with Crippen molar-refractivity contribution in [3.63, 3.8) is 0 Å². The van der Waals surface area contributed by atoms with Gasteiger partial charge in [0.05, 0.1) is 43.8 Å². The van der Waals surface area contributed by atoms with Crippen LogP contribution in [-0.2, 0) is 14.3 Å². The second-order valence-electron chi connectivity index (χ2n) is 6.03. The van der Waals surface area contributed by atoms with Crippen LogP contribution in [0.4, 0.5) is 5.95 Å². The average Bonchev–Trinajstić information content (AvgIpc) is 2.64. The van der Waals surface area contributed by atoms with E-state index in [2.05, 4.69) is 30.3 Å². The van der Waals surface area contributed by atoms with E-state index in [4.69, 9.17) is 4.74 Å². The number of methoxy groups -OCH3 is 1. The lowest BCUT2D eigenvalue weighted by Gasteiger charge is -2.21. The molecule has 0 spiro atoms. The Balaban J connectivity index is 1.76. The van der Waals surface area contributed by atoms with E-state index < -0.39 is 11.9 Å². The minimum atomic E-state index is -0.542. The molecule has 0 saturated heterocycles. The fourth-order valence-electron chi connectivity index (χ4n) is 2.73. The van der Waals surface area contributed by atoms with Crippen molar-refractivity contribution in [3.05, 3.63) is 23.9 Å². The SMILES string of the molecule is CCOc1ccc2nc(NC3=NC[C@@H](CC(=O)OC)C(=O)N3)nc(C)c2c1. The van der Waals surface area contributed by atoms with Crippen molar-refractivity contribution in [2.24, 2.45) is 10.9 Å². The minimum Gasteiger partial charge on any atom is -0.494 e. The maximum atomic E-state index is 12.1. The number of amides is 1. The van der Waals surface area contributed by atoms with Crippen LogP contribution in [0.1, 0.15) is 19.0 Å². The monoisotopic (exact) mass is 371 g/mol. The molecule has 1 aromatic heterocycles. The van der Waals surface area contributed by atoms with Crippen LogP contribution < -0.4 is 15.4 Å². The first-order valence-corrected chi connectivity index (χ1v) is 8.60. The van der Waals surface area contributed by atoms with Gasteiger partial charge >= 0.3 is 5.97 Å². The molecule has 0 saturated carbocycles. The summed E-state index contributed by atoms with van der Waals surface area (Å²) in [5.74, 6) is 0.0658. The number of rotatable bonds is 5. The van der Waals surface area contributed by atoms with Crippen molar-refractivity contribution in [1.82, 2.24) is 15.3 Å². The first kappa shape index (κ1) is 18.6. The molecule has 27 heavy (non-hydrogen) atoms. The van der Waals surface area contributed by atoms with Gasteiger partial charge in [-0.15, -0.1) is 0 Å². The van der Waals surface area contributed by atoms with Gasteiger partial charge in [0.2, 0.25) is 17.8 Å². The summed E-state index contributed by atoms with van der Waals surface area (Å²) in [6.07, 6.45) is -0.00708. The van der Waals surface area contributed by atoms with E-state index in [0.717, 1.165) is 22.3 Å². The number of carbonyl (C=O) groups excluding carboxylic acids is 2. The third-order valence-electron chi connectivity index (χ3n) is 4.12. The number of anilines is 1. The third-order valence-corrected chi connectivity index (χ3v) is 4.12. The van der Waals surface area contributed by atoms with E-state index in [-0.39, 0.29) is 24.8 Å². The van der Waals surface area contributed by atoms with Crippen molar-refractivity contribution in [2.45, 2.75) is 20.3 Å². The van der Waals surface area contributed by atoms with Gasteiger partial charge in [-0.05, 0) is 32.0 Å². The van der Waals surface area contributed by atoms with Gasteiger partial charge in [0.25, 0.3) is 0 Å². The zero-order valence-electron chi connectivity index (χ0n) is 15.4. The lowest BCUT2D eigenvalue weighted by atomic mass is 10.0. The van der Waals surface area contributed by atoms with E-state index in [1.807, 2.05) is 32.0 Å². The summed E-state index contributed by atoms with van der Waals surface area (Å²) < 4.78 is 10.1. The Morgan fingerprint density at radius 3 is 2.89 bits per heavy atom. The molecule has 0 aliphatic carbocycles. The maximum absolute atomic E-state index is 12.1. The van der Waals surface area contributed by atoms with E-state index in [1.165, 1.54) is 7.11 Å². The molecule has 2 N–H and O–H groups in total. The van der Waals surface area contributed by atoms with Gasteiger partial charge in [0.15, 0.2) is 0 Å². The van der Waals surface area contributed by atoms with E-state index in [9.17, 15) is 9.59 Å². The van der Waals surface area contributed by atoms with Crippen LogP contribution >= 0.6 is 0 Å². The Hall–Kier alpha value is -3.23. The predicted molar refractivity (Wildman–Crippen MR) is 99.6 cm³/mol. The third kappa shape index (κ3) is 4.30. The summed E-state index contributed by atoms with van der Waals surface area (Å²) in [4.78, 5) is 36.6. The normalized spacial score (nSPS) is 16.5. The number of fused-ring (bicyclic) bond motifs is 1. The summed E-state index contributed by atoms with van der Waals surface area (Å²) >= 11 is 0. The topological polar surface area (TPSA) is 115 Å². The molecular formula is C18H21N5O4. The number of carbonyl (C=O) groups is 2. The number of ether oxygens (including phenoxy) is 2. The molecule has 142 valence electrons. The van der Waals surface area contributed by atoms with Crippen molar-refractivity contribution in [3.8, 4) is 5.75 Å². The predicted octanol–water partition coefficient (Wildman–Crippen LogP) is 1.41. The Morgan fingerprint density at radius 1 is 1.37 bits per heavy atom. The lowest BCUT2D eigenvalue weighted by Crippen LogP contribution is -2.45. The summed E-state index contributed by atoms with van der Waals surface area (Å²) in [6.45, 7) is 4.57. The number of aromatic nitrogens is 2. The van der Waals surface area contributed by atoms with Crippen LogP contribution in [0, 0.1) is 12.8 Å². The molecule has 9 heteroatoms. The molecule has 1 atom stereocenters. The van der Waals surface area contributed by atoms with Crippen LogP contribution in [-0.4, -0.2) is 48.1 Å². The summed E-state index contributed by atoms with van der Waals surface area (Å²) in [5.41, 5.74) is 1.52. The van der Waals surface area contributed by atoms with E-state index in [1.54, 1.807) is 0 Å². The number of benzene rings is 1. The zero-order chi connectivity index (χ0) is 19.4. The van der Waals surface area contributed by atoms with Gasteiger partial charge in [-0.3, -0.25) is 25.2 Å². The highest BCUT2D eigenvalue weighted by molar-refractivity contribution is 6.06. The molecule has 0 radical (unpaired) electrons. The molecular weight excluding hydrogens is 350 g/mol. The molecule has 2 heterocycles. The summed E-state index contributed by atoms with van der Waals surface area (Å²) in [7, 11) is 1.29. The number of aryl methyl sites for hydroxylation is 1. The van der Waals surface area contributed by atoms with Crippen LogP contribution in [0.15, 0.2) is 23.2 Å². The first-order chi connectivity index (χ1) is 13.0. The van der Waals surface area contributed by atoms with Crippen LogP contribution in [0.25, 0.3) is 10.9 Å². The molecule has 2 aromatic rings. The lowest BCUT2D eigenvalue weighted by molar-refractivity contribution is -0.143. The van der Waals surface area contributed by atoms with Crippen LogP contribution in [0.3, 0.4) is 0 Å². The van der Waals surface area contributed by atoms with Gasteiger partial charge in [-0.2, -0.15) is 0 Å². The van der Waals surface area contributed by atoms with Gasteiger partial charge in [0.1, 0.15) is 5.75 Å². The van der Waals surface area contributed by atoms with Crippen LogP contribution in [0.2, 0.25) is 0 Å². The van der Waals surface area contributed by atoms with Gasteiger partial charge < -0.3 is 9.47 Å². The fourth-order valence-corrected chi connectivity index (χ4v) is 2.73. The van der Waals surface area contributed by atoms with Crippen molar-refractivity contribution in [1.29, 1.82) is 0 Å². The molecule has 0 fully saturated rings. The Kier molecular flexibility index (Phi) is 5.49. The largest absolute Gasteiger partial charge is 0.494 e. The fraction of sp³-hybridized carbons (Fsp3) is 0.389. The summed E-state index contributed by atoms with van der Waals surface area (Å²) in [6, 6.07) is 5.60. The zero-order valence-corrected chi connectivity index (χ0v) is 15.4. The van der Waals surface area contributed by atoms with Gasteiger partial charge in [-0.25, -0.2) is 9.97 Å². The van der Waals surface area contributed by atoms with Gasteiger partial charge in [-0.1, -0.05) is 0 Å². The van der Waals surface area contributed by atoms with Gasteiger partial charge in [0, 0.05) is 5.39 Å². The Labute approximate surface area is 156 Å².